The molecule has 1 atom stereocenters. The molecule has 0 bridgehead atoms. The van der Waals surface area contributed by atoms with E-state index >= 15 is 0 Å². The maximum atomic E-state index is 11.5. The normalized spacial score (nSPS) is 15.0. The zero-order valence-corrected chi connectivity index (χ0v) is 10.7. The van der Waals surface area contributed by atoms with Crippen molar-refractivity contribution in [3.8, 4) is 5.75 Å². The predicted octanol–water partition coefficient (Wildman–Crippen LogP) is 2.64. The van der Waals surface area contributed by atoms with Crippen LogP contribution in [0.15, 0.2) is 42.5 Å². The van der Waals surface area contributed by atoms with E-state index in [1.807, 2.05) is 0 Å². The summed E-state index contributed by atoms with van der Waals surface area (Å²) in [5.41, 5.74) is 0.242. The van der Waals surface area contributed by atoms with Crippen LogP contribution in [0.5, 0.6) is 5.75 Å². The minimum Gasteiger partial charge on any atom is -0.465 e. The average Bonchev–Trinajstić information content (AvgIpc) is 2.25. The highest BCUT2D eigenvalue weighted by Crippen LogP contribution is 2.31. The fourth-order valence-electron chi connectivity index (χ4n) is 1.60. The lowest BCUT2D eigenvalue weighted by atomic mass is 10.1. The first-order valence-electron chi connectivity index (χ1n) is 5.20. The highest BCUT2D eigenvalue weighted by atomic mass is 32.2. The van der Waals surface area contributed by atoms with Crippen LogP contribution in [0.3, 0.4) is 0 Å². The second kappa shape index (κ2) is 4.89. The van der Waals surface area contributed by atoms with Gasteiger partial charge in [-0.15, -0.1) is 0 Å². The van der Waals surface area contributed by atoms with Gasteiger partial charge in [-0.25, -0.2) is 0 Å². The van der Waals surface area contributed by atoms with Crippen LogP contribution in [-0.2, 0) is 10.1 Å². The van der Waals surface area contributed by atoms with Gasteiger partial charge in [0, 0.05) is 6.42 Å². The summed E-state index contributed by atoms with van der Waals surface area (Å²) in [6.07, 6.45) is 0.0794. The third-order valence-electron chi connectivity index (χ3n) is 2.56. The Morgan fingerprint density at radius 2 is 1.94 bits per heavy atom. The third-order valence-corrected chi connectivity index (χ3v) is 4.11. The van der Waals surface area contributed by atoms with E-state index in [2.05, 4.69) is 6.58 Å². The molecule has 94 valence electrons. The standard InChI is InChI=1S/C12H16O4S/c1-4-12(10(2)3,17(13,14)15)16-11-8-6-5-7-9-11/h5-9H,2,4H2,1,3H3,(H,13,14,15). The highest BCUT2D eigenvalue weighted by molar-refractivity contribution is 7.87. The first-order valence-corrected chi connectivity index (χ1v) is 6.64. The van der Waals surface area contributed by atoms with Gasteiger partial charge in [0.25, 0.3) is 4.93 Å². The summed E-state index contributed by atoms with van der Waals surface area (Å²) in [6.45, 7) is 6.73. The van der Waals surface area contributed by atoms with Crippen molar-refractivity contribution in [1.82, 2.24) is 0 Å². The van der Waals surface area contributed by atoms with Crippen molar-refractivity contribution >= 4 is 10.1 Å². The quantitative estimate of drug-likeness (QED) is 0.649. The van der Waals surface area contributed by atoms with E-state index in [1.165, 1.54) is 6.92 Å². The monoisotopic (exact) mass is 256 g/mol. The van der Waals surface area contributed by atoms with E-state index < -0.39 is 15.1 Å². The molecular weight excluding hydrogens is 240 g/mol. The van der Waals surface area contributed by atoms with Crippen LogP contribution in [0.25, 0.3) is 0 Å². The second-order valence-electron chi connectivity index (χ2n) is 3.78. The molecule has 1 unspecified atom stereocenters. The molecule has 0 amide bonds. The minimum atomic E-state index is -4.40. The number of hydrogen-bond donors (Lipinski definition) is 1. The lowest BCUT2D eigenvalue weighted by Crippen LogP contribution is -2.44. The first kappa shape index (κ1) is 13.7. The van der Waals surface area contributed by atoms with E-state index in [1.54, 1.807) is 37.3 Å². The predicted molar refractivity (Wildman–Crippen MR) is 66.5 cm³/mol. The molecule has 1 aromatic rings. The Bertz CT molecular complexity index is 492. The molecule has 0 aliphatic rings. The molecule has 17 heavy (non-hydrogen) atoms. The molecular formula is C12H16O4S. The van der Waals surface area contributed by atoms with Gasteiger partial charge in [-0.05, 0) is 24.6 Å². The smallest absolute Gasteiger partial charge is 0.310 e. The number of para-hydroxylation sites is 1. The summed E-state index contributed by atoms with van der Waals surface area (Å²) in [4.78, 5) is -1.78. The minimum absolute atomic E-state index is 0.0794. The Hall–Kier alpha value is -1.33. The van der Waals surface area contributed by atoms with E-state index in [0.717, 1.165) is 0 Å². The molecule has 0 saturated carbocycles. The molecule has 1 aromatic carbocycles. The summed E-state index contributed by atoms with van der Waals surface area (Å²) >= 11 is 0. The van der Waals surface area contributed by atoms with Crippen LogP contribution in [0.2, 0.25) is 0 Å². The first-order chi connectivity index (χ1) is 7.83. The highest BCUT2D eigenvalue weighted by Gasteiger charge is 2.45. The van der Waals surface area contributed by atoms with Gasteiger partial charge in [0.2, 0.25) is 0 Å². The van der Waals surface area contributed by atoms with E-state index in [4.69, 9.17) is 4.74 Å². The number of benzene rings is 1. The Labute approximate surface area is 102 Å². The molecule has 0 aliphatic carbocycles. The topological polar surface area (TPSA) is 63.6 Å². The lowest BCUT2D eigenvalue weighted by Gasteiger charge is -2.30. The third kappa shape index (κ3) is 2.68. The van der Waals surface area contributed by atoms with Crippen LogP contribution in [0.1, 0.15) is 20.3 Å². The van der Waals surface area contributed by atoms with Gasteiger partial charge >= 0.3 is 10.1 Å². The van der Waals surface area contributed by atoms with Gasteiger partial charge < -0.3 is 4.74 Å². The Kier molecular flexibility index (Phi) is 3.95. The van der Waals surface area contributed by atoms with E-state index in [0.29, 0.717) is 5.75 Å². The lowest BCUT2D eigenvalue weighted by molar-refractivity contribution is 0.171. The van der Waals surface area contributed by atoms with Gasteiger partial charge in [0.1, 0.15) is 5.75 Å². The Balaban J connectivity index is 3.22. The van der Waals surface area contributed by atoms with Crippen molar-refractivity contribution in [1.29, 1.82) is 0 Å². The fourth-order valence-corrected chi connectivity index (χ4v) is 2.60. The van der Waals surface area contributed by atoms with Crippen molar-refractivity contribution in [3.05, 3.63) is 42.5 Å². The molecule has 4 nitrogen and oxygen atoms in total. The number of rotatable bonds is 5. The second-order valence-corrected chi connectivity index (χ2v) is 5.39. The molecule has 0 heterocycles. The van der Waals surface area contributed by atoms with Gasteiger partial charge in [-0.1, -0.05) is 31.7 Å². The van der Waals surface area contributed by atoms with Crippen molar-refractivity contribution in [2.45, 2.75) is 25.2 Å². The van der Waals surface area contributed by atoms with Crippen LogP contribution in [0.4, 0.5) is 0 Å². The molecule has 0 fully saturated rings. The van der Waals surface area contributed by atoms with Crippen LogP contribution < -0.4 is 4.74 Å². The summed E-state index contributed by atoms with van der Waals surface area (Å²) in [7, 11) is -4.40. The summed E-state index contributed by atoms with van der Waals surface area (Å²) in [5.74, 6) is 0.370. The largest absolute Gasteiger partial charge is 0.465 e. The van der Waals surface area contributed by atoms with Crippen LogP contribution in [0, 0.1) is 0 Å². The van der Waals surface area contributed by atoms with Crippen LogP contribution >= 0.6 is 0 Å². The van der Waals surface area contributed by atoms with Gasteiger partial charge in [0.15, 0.2) is 0 Å². The van der Waals surface area contributed by atoms with Gasteiger partial charge in [0.05, 0.1) is 0 Å². The zero-order chi connectivity index (χ0) is 13.1. The van der Waals surface area contributed by atoms with Crippen molar-refractivity contribution in [2.24, 2.45) is 0 Å². The molecule has 0 aromatic heterocycles. The van der Waals surface area contributed by atoms with Gasteiger partial charge in [-0.3, -0.25) is 4.55 Å². The SMILES string of the molecule is C=C(C)C(CC)(Oc1ccccc1)S(=O)(=O)O. The molecule has 0 saturated heterocycles. The van der Waals surface area contributed by atoms with Crippen molar-refractivity contribution < 1.29 is 17.7 Å². The maximum Gasteiger partial charge on any atom is 0.310 e. The number of hydrogen-bond acceptors (Lipinski definition) is 3. The zero-order valence-electron chi connectivity index (χ0n) is 9.88. The summed E-state index contributed by atoms with van der Waals surface area (Å²) in [5, 5.41) is 0. The molecule has 0 radical (unpaired) electrons. The van der Waals surface area contributed by atoms with Gasteiger partial charge in [-0.2, -0.15) is 8.42 Å². The number of ether oxygens (including phenoxy) is 1. The fraction of sp³-hybridized carbons (Fsp3) is 0.333. The van der Waals surface area contributed by atoms with Crippen LogP contribution in [-0.4, -0.2) is 17.9 Å². The van der Waals surface area contributed by atoms with Crippen molar-refractivity contribution in [3.63, 3.8) is 0 Å². The molecule has 5 heteroatoms. The summed E-state index contributed by atoms with van der Waals surface area (Å²) in [6, 6.07) is 8.47. The average molecular weight is 256 g/mol. The van der Waals surface area contributed by atoms with Crippen molar-refractivity contribution in [2.75, 3.05) is 0 Å². The Morgan fingerprint density at radius 3 is 2.29 bits per heavy atom. The van der Waals surface area contributed by atoms with E-state index in [9.17, 15) is 13.0 Å². The Morgan fingerprint density at radius 1 is 1.41 bits per heavy atom. The molecule has 0 aliphatic heterocycles. The molecule has 1 N–H and O–H groups in total. The molecule has 0 spiro atoms. The maximum absolute atomic E-state index is 11.5. The molecule has 1 rings (SSSR count). The van der Waals surface area contributed by atoms with E-state index in [-0.39, 0.29) is 12.0 Å². The summed E-state index contributed by atoms with van der Waals surface area (Å²) < 4.78 is 37.8.